The first-order valence-corrected chi connectivity index (χ1v) is 9.53. The minimum Gasteiger partial charge on any atom is -0.491 e. The highest BCUT2D eigenvalue weighted by atomic mass is 19.1. The van der Waals surface area contributed by atoms with Gasteiger partial charge in [-0.2, -0.15) is 0 Å². The van der Waals surface area contributed by atoms with Crippen LogP contribution in [0.1, 0.15) is 23.0 Å². The van der Waals surface area contributed by atoms with Crippen molar-refractivity contribution < 1.29 is 23.4 Å². The van der Waals surface area contributed by atoms with E-state index in [9.17, 15) is 9.59 Å². The highest BCUT2D eigenvalue weighted by Gasteiger charge is 2.22. The first kappa shape index (κ1) is 20.4. The van der Waals surface area contributed by atoms with Gasteiger partial charge < -0.3 is 19.2 Å². The number of hydrogen-bond acceptors (Lipinski definition) is 6. The molecule has 0 bridgehead atoms. The van der Waals surface area contributed by atoms with Crippen molar-refractivity contribution in [2.24, 2.45) is 0 Å². The van der Waals surface area contributed by atoms with Gasteiger partial charge in [0.15, 0.2) is 11.6 Å². The Labute approximate surface area is 176 Å². The average Bonchev–Trinajstić information content (AvgIpc) is 3.15. The number of esters is 1. The SMILES string of the molecule is CCOC(=O)c1cn(-c2ccc3[nH]c(C)cc3c2F)c(=O)c2cc(OC)c(OC)nc12. The number of pyridine rings is 2. The van der Waals surface area contributed by atoms with Gasteiger partial charge in [-0.3, -0.25) is 9.36 Å². The van der Waals surface area contributed by atoms with Crippen LogP contribution in [0.3, 0.4) is 0 Å². The Kier molecular flexibility index (Phi) is 5.10. The van der Waals surface area contributed by atoms with Crippen molar-refractivity contribution in [3.8, 4) is 17.3 Å². The minimum atomic E-state index is -0.694. The van der Waals surface area contributed by atoms with Gasteiger partial charge in [-0.1, -0.05) is 0 Å². The molecular weight excluding hydrogens is 405 g/mol. The fraction of sp³-hybridized carbons (Fsp3) is 0.227. The number of aryl methyl sites for hydroxylation is 1. The lowest BCUT2D eigenvalue weighted by molar-refractivity contribution is 0.0527. The number of carbonyl (C=O) groups is 1. The maximum Gasteiger partial charge on any atom is 0.341 e. The summed E-state index contributed by atoms with van der Waals surface area (Å²) in [5.74, 6) is -0.976. The molecule has 0 saturated carbocycles. The Balaban J connectivity index is 2.09. The third-order valence-corrected chi connectivity index (χ3v) is 4.94. The number of ether oxygens (including phenoxy) is 3. The number of methoxy groups -OCH3 is 2. The second kappa shape index (κ2) is 7.75. The fourth-order valence-corrected chi connectivity index (χ4v) is 3.54. The Bertz CT molecular complexity index is 1390. The highest BCUT2D eigenvalue weighted by molar-refractivity contribution is 6.03. The number of hydrogen-bond donors (Lipinski definition) is 1. The molecule has 0 spiro atoms. The number of aromatic amines is 1. The summed E-state index contributed by atoms with van der Waals surface area (Å²) < 4.78 is 32.0. The fourth-order valence-electron chi connectivity index (χ4n) is 3.54. The summed E-state index contributed by atoms with van der Waals surface area (Å²) in [5, 5.41) is 0.401. The number of benzene rings is 1. The number of fused-ring (bicyclic) bond motifs is 2. The summed E-state index contributed by atoms with van der Waals surface area (Å²) in [5.41, 5.74) is 0.899. The van der Waals surface area contributed by atoms with E-state index < -0.39 is 17.3 Å². The van der Waals surface area contributed by atoms with E-state index in [1.807, 2.05) is 6.92 Å². The van der Waals surface area contributed by atoms with Crippen LogP contribution in [0.25, 0.3) is 27.5 Å². The summed E-state index contributed by atoms with van der Waals surface area (Å²) >= 11 is 0. The van der Waals surface area contributed by atoms with Gasteiger partial charge in [-0.15, -0.1) is 0 Å². The van der Waals surface area contributed by atoms with E-state index in [1.54, 1.807) is 19.1 Å². The standard InChI is InChI=1S/C22H20FN3O5/c1-5-31-22(28)14-10-26(16-7-6-15-12(18(16)23)8-11(2)24-15)21(27)13-9-17(29-3)20(30-4)25-19(13)14/h6-10,24H,5H2,1-4H3. The van der Waals surface area contributed by atoms with Crippen molar-refractivity contribution in [2.75, 3.05) is 20.8 Å². The van der Waals surface area contributed by atoms with E-state index in [1.165, 1.54) is 32.5 Å². The van der Waals surface area contributed by atoms with Gasteiger partial charge in [-0.05, 0) is 32.0 Å². The van der Waals surface area contributed by atoms with Gasteiger partial charge in [0.25, 0.3) is 11.4 Å². The lowest BCUT2D eigenvalue weighted by Gasteiger charge is -2.14. The van der Waals surface area contributed by atoms with Crippen LogP contribution in [0.4, 0.5) is 4.39 Å². The number of carbonyl (C=O) groups excluding carboxylic acids is 1. The largest absolute Gasteiger partial charge is 0.491 e. The van der Waals surface area contributed by atoms with Crippen LogP contribution in [0.2, 0.25) is 0 Å². The van der Waals surface area contributed by atoms with E-state index >= 15 is 4.39 Å². The number of nitrogens with one attached hydrogen (secondary N) is 1. The lowest BCUT2D eigenvalue weighted by atomic mass is 10.1. The molecule has 0 fully saturated rings. The van der Waals surface area contributed by atoms with Crippen molar-refractivity contribution in [1.29, 1.82) is 0 Å². The molecule has 1 N–H and O–H groups in total. The van der Waals surface area contributed by atoms with Crippen molar-refractivity contribution in [3.05, 3.63) is 57.9 Å². The molecule has 0 aliphatic heterocycles. The molecule has 4 rings (SSSR count). The molecule has 9 heteroatoms. The van der Waals surface area contributed by atoms with Crippen LogP contribution < -0.4 is 15.0 Å². The minimum absolute atomic E-state index is 0.00117. The van der Waals surface area contributed by atoms with Crippen molar-refractivity contribution in [2.45, 2.75) is 13.8 Å². The molecule has 8 nitrogen and oxygen atoms in total. The van der Waals surface area contributed by atoms with Crippen molar-refractivity contribution in [3.63, 3.8) is 0 Å². The molecule has 0 saturated heterocycles. The first-order valence-electron chi connectivity index (χ1n) is 9.53. The van der Waals surface area contributed by atoms with E-state index in [0.29, 0.717) is 10.9 Å². The van der Waals surface area contributed by atoms with Crippen LogP contribution in [0, 0.1) is 12.7 Å². The molecule has 0 atom stereocenters. The highest BCUT2D eigenvalue weighted by Crippen LogP contribution is 2.30. The van der Waals surface area contributed by atoms with Gasteiger partial charge in [0.1, 0.15) is 5.56 Å². The number of nitrogens with zero attached hydrogens (tertiary/aromatic N) is 2. The zero-order valence-corrected chi connectivity index (χ0v) is 17.4. The predicted octanol–water partition coefficient (Wildman–Crippen LogP) is 3.51. The second-order valence-electron chi connectivity index (χ2n) is 6.85. The number of rotatable bonds is 5. The third kappa shape index (κ3) is 3.27. The van der Waals surface area contributed by atoms with E-state index in [4.69, 9.17) is 14.2 Å². The van der Waals surface area contributed by atoms with Crippen LogP contribution in [-0.2, 0) is 4.74 Å². The maximum absolute atomic E-state index is 15.3. The topological polar surface area (TPSA) is 95.4 Å². The van der Waals surface area contributed by atoms with Crippen LogP contribution >= 0.6 is 0 Å². The van der Waals surface area contributed by atoms with E-state index in [-0.39, 0.29) is 40.4 Å². The molecule has 160 valence electrons. The van der Waals surface area contributed by atoms with Crippen molar-refractivity contribution in [1.82, 2.24) is 14.5 Å². The Morgan fingerprint density at radius 3 is 2.65 bits per heavy atom. The summed E-state index contributed by atoms with van der Waals surface area (Å²) in [7, 11) is 2.80. The van der Waals surface area contributed by atoms with Crippen LogP contribution in [0.15, 0.2) is 35.3 Å². The summed E-state index contributed by atoms with van der Waals surface area (Å²) in [6.45, 7) is 3.59. The van der Waals surface area contributed by atoms with Crippen LogP contribution in [0.5, 0.6) is 11.6 Å². The predicted molar refractivity (Wildman–Crippen MR) is 113 cm³/mol. The Hall–Kier alpha value is -3.88. The number of aromatic nitrogens is 3. The molecule has 31 heavy (non-hydrogen) atoms. The zero-order valence-electron chi connectivity index (χ0n) is 17.4. The van der Waals surface area contributed by atoms with Crippen LogP contribution in [-0.4, -0.2) is 41.3 Å². The normalized spacial score (nSPS) is 11.1. The zero-order chi connectivity index (χ0) is 22.3. The Morgan fingerprint density at radius 1 is 1.19 bits per heavy atom. The maximum atomic E-state index is 15.3. The summed E-state index contributed by atoms with van der Waals surface area (Å²) in [6.07, 6.45) is 1.24. The van der Waals surface area contributed by atoms with E-state index in [0.717, 1.165) is 10.3 Å². The summed E-state index contributed by atoms with van der Waals surface area (Å²) in [4.78, 5) is 33.3. The summed E-state index contributed by atoms with van der Waals surface area (Å²) in [6, 6.07) is 6.22. The Morgan fingerprint density at radius 2 is 1.97 bits per heavy atom. The molecular formula is C22H20FN3O5. The molecule has 4 aromatic rings. The second-order valence-corrected chi connectivity index (χ2v) is 6.85. The molecule has 0 aliphatic rings. The third-order valence-electron chi connectivity index (χ3n) is 4.94. The molecule has 0 radical (unpaired) electrons. The van der Waals surface area contributed by atoms with E-state index in [2.05, 4.69) is 9.97 Å². The van der Waals surface area contributed by atoms with Gasteiger partial charge >= 0.3 is 5.97 Å². The van der Waals surface area contributed by atoms with Gasteiger partial charge in [0.2, 0.25) is 0 Å². The average molecular weight is 425 g/mol. The first-order chi connectivity index (χ1) is 14.9. The molecule has 0 aliphatic carbocycles. The van der Waals surface area contributed by atoms with Gasteiger partial charge in [0.05, 0.1) is 37.4 Å². The number of H-pyrrole nitrogens is 1. The monoisotopic (exact) mass is 425 g/mol. The lowest BCUT2D eigenvalue weighted by Crippen LogP contribution is -2.23. The molecule has 0 unspecified atom stereocenters. The van der Waals surface area contributed by atoms with Crippen molar-refractivity contribution >= 4 is 27.8 Å². The quantitative estimate of drug-likeness (QED) is 0.492. The molecule has 0 amide bonds. The molecule has 3 aromatic heterocycles. The molecule has 3 heterocycles. The van der Waals surface area contributed by atoms with Gasteiger partial charge in [0, 0.05) is 28.9 Å². The molecule has 1 aromatic carbocycles. The van der Waals surface area contributed by atoms with Gasteiger partial charge in [-0.25, -0.2) is 14.2 Å². The smallest absolute Gasteiger partial charge is 0.341 e. The number of halogens is 1.